The minimum Gasteiger partial charge on any atom is -0.278 e. The number of amides is 2. The molecule has 0 aromatic rings. The van der Waals surface area contributed by atoms with Crippen molar-refractivity contribution in [3.05, 3.63) is 12.2 Å². The SMILES string of the molecule is C=C(CS)CN1C(=O)CC(C)CC1=O. The fraction of sp³-hybridized carbons (Fsp3) is 0.600. The fourth-order valence-electron chi connectivity index (χ4n) is 1.48. The third-order valence-corrected chi connectivity index (χ3v) is 2.70. The van der Waals surface area contributed by atoms with Crippen molar-refractivity contribution in [2.24, 2.45) is 5.92 Å². The number of nitrogens with zero attached hydrogens (tertiary/aromatic N) is 1. The lowest BCUT2D eigenvalue weighted by atomic mass is 9.97. The molecule has 0 spiro atoms. The zero-order valence-corrected chi connectivity index (χ0v) is 9.22. The maximum Gasteiger partial charge on any atom is 0.229 e. The van der Waals surface area contributed by atoms with E-state index in [9.17, 15) is 9.59 Å². The summed E-state index contributed by atoms with van der Waals surface area (Å²) in [7, 11) is 0. The van der Waals surface area contributed by atoms with Crippen LogP contribution in [0.4, 0.5) is 0 Å². The van der Waals surface area contributed by atoms with E-state index in [-0.39, 0.29) is 17.7 Å². The quantitative estimate of drug-likeness (QED) is 0.435. The van der Waals surface area contributed by atoms with Crippen LogP contribution in [0.3, 0.4) is 0 Å². The Bertz CT molecular complexity index is 257. The second-order valence-electron chi connectivity index (χ2n) is 3.80. The van der Waals surface area contributed by atoms with Gasteiger partial charge in [0.15, 0.2) is 0 Å². The summed E-state index contributed by atoms with van der Waals surface area (Å²) in [6, 6.07) is 0. The molecular weight excluding hydrogens is 198 g/mol. The van der Waals surface area contributed by atoms with Crippen LogP contribution in [-0.4, -0.2) is 29.0 Å². The van der Waals surface area contributed by atoms with E-state index in [0.717, 1.165) is 5.57 Å². The number of hydrogen-bond acceptors (Lipinski definition) is 3. The molecule has 1 heterocycles. The van der Waals surface area contributed by atoms with Crippen LogP contribution in [0.5, 0.6) is 0 Å². The average Bonchev–Trinajstić information content (AvgIpc) is 2.10. The Morgan fingerprint density at radius 1 is 1.50 bits per heavy atom. The molecule has 2 amide bonds. The van der Waals surface area contributed by atoms with Gasteiger partial charge < -0.3 is 0 Å². The van der Waals surface area contributed by atoms with E-state index in [0.29, 0.717) is 25.1 Å². The van der Waals surface area contributed by atoms with Crippen molar-refractivity contribution in [1.29, 1.82) is 0 Å². The number of piperidine rings is 1. The lowest BCUT2D eigenvalue weighted by Gasteiger charge is -2.28. The summed E-state index contributed by atoms with van der Waals surface area (Å²) in [6.07, 6.45) is 0.928. The first-order chi connectivity index (χ1) is 6.54. The smallest absolute Gasteiger partial charge is 0.229 e. The molecule has 1 rings (SSSR count). The van der Waals surface area contributed by atoms with E-state index < -0.39 is 0 Å². The third kappa shape index (κ3) is 2.61. The molecule has 14 heavy (non-hydrogen) atoms. The Labute approximate surface area is 89.6 Å². The van der Waals surface area contributed by atoms with Gasteiger partial charge in [-0.05, 0) is 11.5 Å². The number of thiol groups is 1. The molecule has 1 aliphatic rings. The molecule has 0 saturated carbocycles. The first-order valence-electron chi connectivity index (χ1n) is 4.65. The molecule has 0 aliphatic carbocycles. The van der Waals surface area contributed by atoms with Gasteiger partial charge in [-0.25, -0.2) is 0 Å². The van der Waals surface area contributed by atoms with Crippen LogP contribution in [0.1, 0.15) is 19.8 Å². The Morgan fingerprint density at radius 3 is 2.43 bits per heavy atom. The number of likely N-dealkylation sites (tertiary alicyclic amines) is 1. The van der Waals surface area contributed by atoms with Crippen molar-refractivity contribution < 1.29 is 9.59 Å². The molecule has 4 heteroatoms. The molecule has 1 saturated heterocycles. The highest BCUT2D eigenvalue weighted by atomic mass is 32.1. The van der Waals surface area contributed by atoms with E-state index in [1.807, 2.05) is 6.92 Å². The van der Waals surface area contributed by atoms with Gasteiger partial charge in [-0.15, -0.1) is 0 Å². The van der Waals surface area contributed by atoms with Gasteiger partial charge >= 0.3 is 0 Å². The van der Waals surface area contributed by atoms with Crippen molar-refractivity contribution in [2.45, 2.75) is 19.8 Å². The number of imide groups is 1. The Balaban J connectivity index is 2.63. The topological polar surface area (TPSA) is 37.4 Å². The van der Waals surface area contributed by atoms with Gasteiger partial charge in [0.1, 0.15) is 0 Å². The summed E-state index contributed by atoms with van der Waals surface area (Å²) in [4.78, 5) is 24.3. The largest absolute Gasteiger partial charge is 0.278 e. The molecule has 78 valence electrons. The van der Waals surface area contributed by atoms with E-state index in [2.05, 4.69) is 19.2 Å². The molecule has 0 unspecified atom stereocenters. The second kappa shape index (κ2) is 4.64. The molecule has 0 bridgehead atoms. The first kappa shape index (κ1) is 11.3. The molecule has 1 aliphatic heterocycles. The predicted octanol–water partition coefficient (Wildman–Crippen LogP) is 1.26. The molecule has 3 nitrogen and oxygen atoms in total. The monoisotopic (exact) mass is 213 g/mol. The second-order valence-corrected chi connectivity index (χ2v) is 4.11. The summed E-state index contributed by atoms with van der Waals surface area (Å²) in [6.45, 7) is 5.98. The Hall–Kier alpha value is -0.770. The van der Waals surface area contributed by atoms with Gasteiger partial charge in [-0.3, -0.25) is 14.5 Å². The van der Waals surface area contributed by atoms with E-state index in [1.54, 1.807) is 0 Å². The summed E-state index contributed by atoms with van der Waals surface area (Å²) in [5.74, 6) is 0.510. The van der Waals surface area contributed by atoms with E-state index >= 15 is 0 Å². The van der Waals surface area contributed by atoms with Crippen LogP contribution in [-0.2, 0) is 9.59 Å². The highest BCUT2D eigenvalue weighted by Crippen LogP contribution is 2.19. The van der Waals surface area contributed by atoms with Crippen molar-refractivity contribution in [3.8, 4) is 0 Å². The van der Waals surface area contributed by atoms with Crippen LogP contribution >= 0.6 is 12.6 Å². The lowest BCUT2D eigenvalue weighted by molar-refractivity contribution is -0.149. The van der Waals surface area contributed by atoms with Crippen LogP contribution in [0.25, 0.3) is 0 Å². The van der Waals surface area contributed by atoms with Gasteiger partial charge in [0.25, 0.3) is 0 Å². The van der Waals surface area contributed by atoms with Crippen LogP contribution < -0.4 is 0 Å². The fourth-order valence-corrected chi connectivity index (χ4v) is 1.58. The van der Waals surface area contributed by atoms with Gasteiger partial charge in [0.2, 0.25) is 11.8 Å². The molecule has 0 radical (unpaired) electrons. The van der Waals surface area contributed by atoms with Crippen molar-refractivity contribution in [1.82, 2.24) is 4.90 Å². The minimum atomic E-state index is -0.0864. The van der Waals surface area contributed by atoms with Gasteiger partial charge in [0.05, 0.1) is 6.54 Å². The standard InChI is InChI=1S/C10H15NO2S/c1-7-3-9(12)11(10(13)4-7)5-8(2)6-14/h7,14H,2-6H2,1H3. The highest BCUT2D eigenvalue weighted by Gasteiger charge is 2.29. The molecular formula is C10H15NO2S. The highest BCUT2D eigenvalue weighted by molar-refractivity contribution is 7.80. The van der Waals surface area contributed by atoms with Gasteiger partial charge in [0, 0.05) is 18.6 Å². The van der Waals surface area contributed by atoms with Crippen molar-refractivity contribution in [3.63, 3.8) is 0 Å². The summed E-state index contributed by atoms with van der Waals surface area (Å²) < 4.78 is 0. The average molecular weight is 213 g/mol. The van der Waals surface area contributed by atoms with E-state index in [4.69, 9.17) is 0 Å². The minimum absolute atomic E-state index is 0.0864. The molecule has 0 aromatic carbocycles. The number of carbonyl (C=O) groups excluding carboxylic acids is 2. The van der Waals surface area contributed by atoms with Crippen molar-refractivity contribution >= 4 is 24.4 Å². The summed E-state index contributed by atoms with van der Waals surface area (Å²) >= 11 is 4.04. The lowest BCUT2D eigenvalue weighted by Crippen LogP contribution is -2.43. The molecule has 0 atom stereocenters. The summed E-state index contributed by atoms with van der Waals surface area (Å²) in [5.41, 5.74) is 0.796. The number of hydrogen-bond donors (Lipinski definition) is 1. The number of rotatable bonds is 3. The van der Waals surface area contributed by atoms with Crippen molar-refractivity contribution in [2.75, 3.05) is 12.3 Å². The molecule has 0 N–H and O–H groups in total. The maximum absolute atomic E-state index is 11.5. The Kier molecular flexibility index (Phi) is 3.75. The zero-order valence-electron chi connectivity index (χ0n) is 8.32. The maximum atomic E-state index is 11.5. The van der Waals surface area contributed by atoms with E-state index in [1.165, 1.54) is 4.90 Å². The Morgan fingerprint density at radius 2 is 2.00 bits per heavy atom. The van der Waals surface area contributed by atoms with Crippen LogP contribution in [0.15, 0.2) is 12.2 Å². The zero-order chi connectivity index (χ0) is 10.7. The molecule has 1 fully saturated rings. The predicted molar refractivity (Wildman–Crippen MR) is 58.1 cm³/mol. The van der Waals surface area contributed by atoms with Gasteiger partial charge in [-0.2, -0.15) is 12.6 Å². The van der Waals surface area contributed by atoms with Crippen LogP contribution in [0.2, 0.25) is 0 Å². The number of carbonyl (C=O) groups is 2. The van der Waals surface area contributed by atoms with Crippen LogP contribution in [0, 0.1) is 5.92 Å². The normalized spacial score (nSPS) is 18.9. The third-order valence-electron chi connectivity index (χ3n) is 2.25. The van der Waals surface area contributed by atoms with Gasteiger partial charge in [-0.1, -0.05) is 13.5 Å². The summed E-state index contributed by atoms with van der Waals surface area (Å²) in [5, 5.41) is 0. The molecule has 0 aromatic heterocycles. The first-order valence-corrected chi connectivity index (χ1v) is 5.28.